The molecule has 0 aliphatic rings. The van der Waals surface area contributed by atoms with Crippen molar-refractivity contribution in [1.82, 2.24) is 4.57 Å². The molecule has 0 bridgehead atoms. The maximum Gasteiger partial charge on any atom is 0.235 e. The van der Waals surface area contributed by atoms with Crippen molar-refractivity contribution in [3.05, 3.63) is 52.7 Å². The molecule has 1 heterocycles. The van der Waals surface area contributed by atoms with Crippen LogP contribution in [0.25, 0.3) is 28.4 Å². The Kier molecular flexibility index (Phi) is 18.0. The monoisotopic (exact) mass is 647 g/mol. The van der Waals surface area contributed by atoms with Gasteiger partial charge < -0.3 is 23.5 Å². The van der Waals surface area contributed by atoms with Gasteiger partial charge in [-0.15, -0.1) is 0 Å². The van der Waals surface area contributed by atoms with Gasteiger partial charge in [-0.25, -0.2) is 0 Å². The number of fused-ring (bicyclic) bond motifs is 1. The third-order valence-corrected chi connectivity index (χ3v) is 8.52. The Morgan fingerprint density at radius 1 is 0.596 bits per heavy atom. The van der Waals surface area contributed by atoms with Crippen molar-refractivity contribution in [2.24, 2.45) is 0 Å². The zero-order chi connectivity index (χ0) is 33.7. The first-order valence-electron chi connectivity index (χ1n) is 18.6. The van der Waals surface area contributed by atoms with E-state index < -0.39 is 0 Å². The second kappa shape index (κ2) is 22.2. The highest BCUT2D eigenvalue weighted by Gasteiger charge is 2.23. The molecule has 0 atom stereocenters. The quantitative estimate of drug-likeness (QED) is 0.0856. The van der Waals surface area contributed by atoms with Crippen molar-refractivity contribution in [1.29, 1.82) is 0 Å². The highest BCUT2D eigenvalue weighted by molar-refractivity contribution is 5.93. The minimum absolute atomic E-state index is 0.186. The summed E-state index contributed by atoms with van der Waals surface area (Å²) in [5.41, 5.74) is 2.13. The average molecular weight is 648 g/mol. The van der Waals surface area contributed by atoms with Crippen molar-refractivity contribution in [2.75, 3.05) is 26.4 Å². The van der Waals surface area contributed by atoms with Gasteiger partial charge in [0, 0.05) is 23.9 Å². The fraction of sp³-hybridized carbons (Fsp3) is 0.585. The Balaban J connectivity index is 1.77. The Morgan fingerprint density at radius 2 is 1.13 bits per heavy atom. The number of unbranched alkanes of at least 4 members (excludes halogenated alkanes) is 14. The Morgan fingerprint density at radius 3 is 1.68 bits per heavy atom. The molecule has 0 fully saturated rings. The molecule has 0 saturated carbocycles. The zero-order valence-corrected chi connectivity index (χ0v) is 30.0. The highest BCUT2D eigenvalue weighted by atomic mass is 16.5. The van der Waals surface area contributed by atoms with Gasteiger partial charge in [0.2, 0.25) is 5.43 Å². The van der Waals surface area contributed by atoms with Crippen LogP contribution in [-0.4, -0.2) is 31.0 Å². The van der Waals surface area contributed by atoms with E-state index in [2.05, 4.69) is 23.8 Å². The summed E-state index contributed by atoms with van der Waals surface area (Å²) in [5.74, 6) is 2.27. The van der Waals surface area contributed by atoms with Gasteiger partial charge in [-0.3, -0.25) is 4.79 Å². The Labute approximate surface area is 284 Å². The summed E-state index contributed by atoms with van der Waals surface area (Å²) in [6, 6.07) is 11.6. The second-order valence-electron chi connectivity index (χ2n) is 12.2. The first-order valence-corrected chi connectivity index (χ1v) is 18.6. The van der Waals surface area contributed by atoms with Gasteiger partial charge in [-0.2, -0.15) is 0 Å². The van der Waals surface area contributed by atoms with E-state index in [-0.39, 0.29) is 5.43 Å². The molecule has 0 N–H and O–H groups in total. The van der Waals surface area contributed by atoms with E-state index in [1.54, 1.807) is 0 Å². The van der Waals surface area contributed by atoms with E-state index in [9.17, 15) is 4.79 Å². The molecule has 0 unspecified atom stereocenters. The number of allylic oxidation sites excluding steroid dienone is 1. The molecule has 3 rings (SSSR count). The van der Waals surface area contributed by atoms with Crippen molar-refractivity contribution in [2.45, 2.75) is 131 Å². The summed E-state index contributed by atoms with van der Waals surface area (Å²) in [6.07, 6.45) is 24.1. The van der Waals surface area contributed by atoms with Crippen LogP contribution in [0.1, 0.15) is 131 Å². The summed E-state index contributed by atoms with van der Waals surface area (Å²) in [5, 5.41) is 0.495. The van der Waals surface area contributed by atoms with E-state index in [1.807, 2.05) is 64.1 Å². The van der Waals surface area contributed by atoms with E-state index in [4.69, 9.17) is 18.9 Å². The first-order chi connectivity index (χ1) is 23.1. The topological polar surface area (TPSA) is 58.9 Å². The molecule has 0 radical (unpaired) electrons. The van der Waals surface area contributed by atoms with Crippen molar-refractivity contribution in [3.63, 3.8) is 0 Å². The number of benzene rings is 2. The van der Waals surface area contributed by atoms with Crippen molar-refractivity contribution >= 4 is 17.1 Å². The molecule has 47 heavy (non-hydrogen) atoms. The standard InChI is InChI=1S/C41H61NO5/c1-6-11-12-13-14-15-16-17-18-19-20-21-22-23-24-25-30-42-36-31-35(45-8-3)32-37(46-9-4)38(36)40(43)41(47-10-5)39(42)33-26-28-34(29-27-33)44-7-2/h25-32H,6-24H2,1-5H3. The molecule has 1 aromatic heterocycles. The normalized spacial score (nSPS) is 11.4. The molecule has 0 aliphatic heterocycles. The maximum atomic E-state index is 14.1. The van der Waals surface area contributed by atoms with Crippen LogP contribution in [0.2, 0.25) is 0 Å². The third-order valence-electron chi connectivity index (χ3n) is 8.52. The average Bonchev–Trinajstić information content (AvgIpc) is 3.07. The number of nitrogens with zero attached hydrogens (tertiary/aromatic N) is 1. The van der Waals surface area contributed by atoms with Crippen molar-refractivity contribution < 1.29 is 18.9 Å². The lowest BCUT2D eigenvalue weighted by Crippen LogP contribution is -2.16. The van der Waals surface area contributed by atoms with Gasteiger partial charge in [0.1, 0.15) is 17.2 Å². The van der Waals surface area contributed by atoms with E-state index in [1.165, 1.54) is 83.5 Å². The summed E-state index contributed by atoms with van der Waals surface area (Å²) in [6.45, 7) is 11.9. The molecule has 2 aromatic carbocycles. The molecule has 0 saturated heterocycles. The molecule has 0 amide bonds. The van der Waals surface area contributed by atoms with Gasteiger partial charge >= 0.3 is 0 Å². The van der Waals surface area contributed by atoms with E-state index in [0.29, 0.717) is 54.8 Å². The minimum atomic E-state index is -0.186. The molecule has 0 spiro atoms. The smallest absolute Gasteiger partial charge is 0.235 e. The molecule has 260 valence electrons. The number of pyridine rings is 1. The molecular formula is C41H61NO5. The predicted octanol–water partition coefficient (Wildman–Crippen LogP) is 11.6. The fourth-order valence-electron chi connectivity index (χ4n) is 6.18. The second-order valence-corrected chi connectivity index (χ2v) is 12.2. The number of hydrogen-bond acceptors (Lipinski definition) is 5. The van der Waals surface area contributed by atoms with Crippen LogP contribution >= 0.6 is 0 Å². The lowest BCUT2D eigenvalue weighted by Gasteiger charge is -2.20. The largest absolute Gasteiger partial charge is 0.494 e. The number of hydrogen-bond donors (Lipinski definition) is 0. The third kappa shape index (κ3) is 12.0. The van der Waals surface area contributed by atoms with Crippen LogP contribution in [0.3, 0.4) is 0 Å². The number of ether oxygens (including phenoxy) is 4. The fourth-order valence-corrected chi connectivity index (χ4v) is 6.18. The molecule has 3 aromatic rings. The number of aromatic nitrogens is 1. The van der Waals surface area contributed by atoms with Crippen molar-refractivity contribution in [3.8, 4) is 34.3 Å². The van der Waals surface area contributed by atoms with Crippen LogP contribution in [0, 0.1) is 0 Å². The molecule has 0 aliphatic carbocycles. The van der Waals surface area contributed by atoms with Gasteiger partial charge in [0.25, 0.3) is 0 Å². The molecule has 6 nitrogen and oxygen atoms in total. The van der Waals surface area contributed by atoms with Gasteiger partial charge in [0.05, 0.1) is 43.0 Å². The summed E-state index contributed by atoms with van der Waals surface area (Å²) < 4.78 is 25.8. The Hall–Kier alpha value is -3.41. The SMILES string of the molecule is CCCCCCCCCCCCCCCCC=Cn1c(-c2ccc(OCC)cc2)c(OCC)c(=O)c2c(OCC)cc(OCC)cc21. The summed E-state index contributed by atoms with van der Waals surface area (Å²) in [4.78, 5) is 14.1. The highest BCUT2D eigenvalue weighted by Crippen LogP contribution is 2.37. The van der Waals surface area contributed by atoms with Crippen LogP contribution in [0.4, 0.5) is 0 Å². The Bertz CT molecular complexity index is 1390. The maximum absolute atomic E-state index is 14.1. The molecule has 6 heteroatoms. The van der Waals surface area contributed by atoms with Crippen LogP contribution in [0.5, 0.6) is 23.0 Å². The minimum Gasteiger partial charge on any atom is -0.494 e. The first kappa shape index (κ1) is 38.0. The van der Waals surface area contributed by atoms with Crippen LogP contribution < -0.4 is 24.4 Å². The number of rotatable bonds is 25. The lowest BCUT2D eigenvalue weighted by molar-refractivity contribution is 0.324. The van der Waals surface area contributed by atoms with Crippen LogP contribution in [0.15, 0.2) is 47.3 Å². The van der Waals surface area contributed by atoms with Gasteiger partial charge in [0.15, 0.2) is 5.75 Å². The van der Waals surface area contributed by atoms with Crippen LogP contribution in [-0.2, 0) is 0 Å². The predicted molar refractivity (Wildman–Crippen MR) is 199 cm³/mol. The van der Waals surface area contributed by atoms with Gasteiger partial charge in [-0.1, -0.05) is 96.5 Å². The van der Waals surface area contributed by atoms with E-state index >= 15 is 0 Å². The molecular weight excluding hydrogens is 586 g/mol. The summed E-state index contributed by atoms with van der Waals surface area (Å²) in [7, 11) is 0. The summed E-state index contributed by atoms with van der Waals surface area (Å²) >= 11 is 0. The van der Waals surface area contributed by atoms with E-state index in [0.717, 1.165) is 29.7 Å². The van der Waals surface area contributed by atoms with Gasteiger partial charge in [-0.05, 0) is 64.8 Å². The lowest BCUT2D eigenvalue weighted by atomic mass is 10.0. The zero-order valence-electron chi connectivity index (χ0n) is 30.0.